The van der Waals surface area contributed by atoms with Crippen LogP contribution in [0.15, 0.2) is 18.2 Å². The van der Waals surface area contributed by atoms with E-state index in [1.807, 2.05) is 5.32 Å². The predicted molar refractivity (Wildman–Crippen MR) is 97.0 cm³/mol. The summed E-state index contributed by atoms with van der Waals surface area (Å²) in [6.45, 7) is 2.80. The van der Waals surface area contributed by atoms with E-state index in [2.05, 4.69) is 10.6 Å². The van der Waals surface area contributed by atoms with E-state index in [1.54, 1.807) is 26.0 Å². The Bertz CT molecular complexity index is 752. The molecule has 1 aromatic rings. The van der Waals surface area contributed by atoms with Gasteiger partial charge in [0.05, 0.1) is 0 Å². The Morgan fingerprint density at radius 3 is 2.57 bits per heavy atom. The van der Waals surface area contributed by atoms with Crippen LogP contribution >= 0.6 is 0 Å². The molecule has 154 valence electrons. The van der Waals surface area contributed by atoms with E-state index in [4.69, 9.17) is 0 Å². The quantitative estimate of drug-likeness (QED) is 0.709. The first-order valence-corrected chi connectivity index (χ1v) is 8.93. The van der Waals surface area contributed by atoms with Crippen molar-refractivity contribution in [3.63, 3.8) is 0 Å². The van der Waals surface area contributed by atoms with Crippen LogP contribution in [0.1, 0.15) is 35.7 Å². The monoisotopic (exact) mass is 400 g/mol. The van der Waals surface area contributed by atoms with Gasteiger partial charge in [-0.15, -0.1) is 0 Å². The van der Waals surface area contributed by atoms with Crippen LogP contribution in [0.4, 0.5) is 23.7 Å². The lowest BCUT2D eigenvalue weighted by Gasteiger charge is -2.25. The first kappa shape index (κ1) is 21.5. The summed E-state index contributed by atoms with van der Waals surface area (Å²) >= 11 is 0. The maximum Gasteiger partial charge on any atom is 0.405 e. The highest BCUT2D eigenvalue weighted by Crippen LogP contribution is 2.22. The van der Waals surface area contributed by atoms with Crippen LogP contribution in [0, 0.1) is 6.92 Å². The number of nitrogens with zero attached hydrogens (tertiary/aromatic N) is 1. The van der Waals surface area contributed by atoms with Gasteiger partial charge in [0.1, 0.15) is 12.6 Å². The number of alkyl halides is 3. The molecule has 1 fully saturated rings. The molecule has 0 bridgehead atoms. The minimum Gasteiger partial charge on any atom is -0.352 e. The fourth-order valence-corrected chi connectivity index (χ4v) is 2.94. The Kier molecular flexibility index (Phi) is 6.87. The number of carbonyl (C=O) groups is 3. The minimum absolute atomic E-state index is 0.255. The van der Waals surface area contributed by atoms with Gasteiger partial charge in [0, 0.05) is 24.3 Å². The molecule has 1 aromatic carbocycles. The second-order valence-corrected chi connectivity index (χ2v) is 6.50. The van der Waals surface area contributed by atoms with Crippen molar-refractivity contribution in [1.82, 2.24) is 15.5 Å². The normalized spacial score (nSPS) is 16.6. The molecule has 1 aliphatic heterocycles. The SMILES string of the molecule is CCNC(=O)c1ccc(C)c(NC(=O)N2CCCC2C(=O)NCC(F)(F)F)c1. The topological polar surface area (TPSA) is 90.5 Å². The zero-order chi connectivity index (χ0) is 20.9. The smallest absolute Gasteiger partial charge is 0.352 e. The molecule has 4 amide bonds. The van der Waals surface area contributed by atoms with Crippen molar-refractivity contribution < 1.29 is 27.6 Å². The molecule has 2 rings (SSSR count). The molecule has 1 unspecified atom stereocenters. The van der Waals surface area contributed by atoms with Crippen molar-refractivity contribution in [2.45, 2.75) is 38.9 Å². The average molecular weight is 400 g/mol. The van der Waals surface area contributed by atoms with Crippen LogP contribution in [0.25, 0.3) is 0 Å². The molecule has 0 radical (unpaired) electrons. The molecule has 10 heteroatoms. The number of halogens is 3. The number of rotatable bonds is 5. The van der Waals surface area contributed by atoms with Crippen LogP contribution in [0.3, 0.4) is 0 Å². The standard InChI is InChI=1S/C18H23F3N4O3/c1-3-22-15(26)12-7-6-11(2)13(9-12)24-17(28)25-8-4-5-14(25)16(27)23-10-18(19,20)21/h6-7,9,14H,3-5,8,10H2,1-2H3,(H,22,26)(H,23,27)(H,24,28). The Labute approximate surface area is 160 Å². The van der Waals surface area contributed by atoms with Gasteiger partial charge >= 0.3 is 12.2 Å². The predicted octanol–water partition coefficient (Wildman–Crippen LogP) is 2.42. The van der Waals surface area contributed by atoms with Crippen molar-refractivity contribution in [3.05, 3.63) is 29.3 Å². The number of nitrogens with one attached hydrogen (secondary N) is 3. The second-order valence-electron chi connectivity index (χ2n) is 6.50. The summed E-state index contributed by atoms with van der Waals surface area (Å²) in [7, 11) is 0. The molecule has 1 saturated heterocycles. The number of aryl methyl sites for hydroxylation is 1. The zero-order valence-electron chi connectivity index (χ0n) is 15.7. The second kappa shape index (κ2) is 8.94. The summed E-state index contributed by atoms with van der Waals surface area (Å²) < 4.78 is 36.9. The average Bonchev–Trinajstić information content (AvgIpc) is 3.11. The number of carbonyl (C=O) groups excluding carboxylic acids is 3. The van der Waals surface area contributed by atoms with Gasteiger partial charge in [-0.05, 0) is 44.4 Å². The molecule has 0 aromatic heterocycles. The third-order valence-corrected chi connectivity index (χ3v) is 4.36. The number of benzene rings is 1. The molecular formula is C18H23F3N4O3. The molecule has 1 atom stereocenters. The maximum absolute atomic E-state index is 12.6. The third-order valence-electron chi connectivity index (χ3n) is 4.36. The number of urea groups is 1. The molecule has 3 N–H and O–H groups in total. The van der Waals surface area contributed by atoms with E-state index in [9.17, 15) is 27.6 Å². The lowest BCUT2D eigenvalue weighted by Crippen LogP contribution is -2.49. The van der Waals surface area contributed by atoms with Gasteiger partial charge in [-0.1, -0.05) is 6.07 Å². The van der Waals surface area contributed by atoms with Crippen molar-refractivity contribution in [3.8, 4) is 0 Å². The summed E-state index contributed by atoms with van der Waals surface area (Å²) in [5, 5.41) is 7.13. The number of amides is 4. The Hall–Kier alpha value is -2.78. The lowest BCUT2D eigenvalue weighted by atomic mass is 10.1. The van der Waals surface area contributed by atoms with E-state index in [-0.39, 0.29) is 18.9 Å². The fourth-order valence-electron chi connectivity index (χ4n) is 2.94. The van der Waals surface area contributed by atoms with Gasteiger partial charge in [-0.2, -0.15) is 13.2 Å². The third kappa shape index (κ3) is 5.61. The van der Waals surface area contributed by atoms with Crippen molar-refractivity contribution in [1.29, 1.82) is 0 Å². The summed E-state index contributed by atoms with van der Waals surface area (Å²) in [5.74, 6) is -1.12. The first-order valence-electron chi connectivity index (χ1n) is 8.93. The van der Waals surface area contributed by atoms with Crippen molar-refractivity contribution in [2.24, 2.45) is 0 Å². The zero-order valence-corrected chi connectivity index (χ0v) is 15.7. The van der Waals surface area contributed by atoms with Gasteiger partial charge < -0.3 is 20.9 Å². The largest absolute Gasteiger partial charge is 0.405 e. The fraction of sp³-hybridized carbons (Fsp3) is 0.500. The molecule has 1 heterocycles. The van der Waals surface area contributed by atoms with Gasteiger partial charge in [-0.3, -0.25) is 9.59 Å². The number of anilines is 1. The van der Waals surface area contributed by atoms with Gasteiger partial charge in [-0.25, -0.2) is 4.79 Å². The van der Waals surface area contributed by atoms with Gasteiger partial charge in [0.2, 0.25) is 5.91 Å². The number of hydrogen-bond donors (Lipinski definition) is 3. The number of likely N-dealkylation sites (tertiary alicyclic amines) is 1. The Morgan fingerprint density at radius 1 is 1.21 bits per heavy atom. The van der Waals surface area contributed by atoms with E-state index in [0.29, 0.717) is 29.8 Å². The highest BCUT2D eigenvalue weighted by Gasteiger charge is 2.36. The minimum atomic E-state index is -4.52. The van der Waals surface area contributed by atoms with Crippen LogP contribution in [0.2, 0.25) is 0 Å². The van der Waals surface area contributed by atoms with E-state index in [1.165, 1.54) is 11.0 Å². The molecule has 28 heavy (non-hydrogen) atoms. The van der Waals surface area contributed by atoms with Crippen molar-refractivity contribution >= 4 is 23.5 Å². The summed E-state index contributed by atoms with van der Waals surface area (Å²) in [6, 6.07) is 3.26. The lowest BCUT2D eigenvalue weighted by molar-refractivity contribution is -0.140. The van der Waals surface area contributed by atoms with Crippen LogP contribution < -0.4 is 16.0 Å². The maximum atomic E-state index is 12.6. The molecule has 0 saturated carbocycles. The molecular weight excluding hydrogens is 377 g/mol. The van der Waals surface area contributed by atoms with Crippen LogP contribution in [-0.4, -0.2) is 54.6 Å². The molecule has 0 spiro atoms. The van der Waals surface area contributed by atoms with Gasteiger partial charge in [0.15, 0.2) is 0 Å². The van der Waals surface area contributed by atoms with Crippen molar-refractivity contribution in [2.75, 3.05) is 25.0 Å². The van der Waals surface area contributed by atoms with E-state index < -0.39 is 30.7 Å². The van der Waals surface area contributed by atoms with Crippen LogP contribution in [0.5, 0.6) is 0 Å². The molecule has 1 aliphatic rings. The Morgan fingerprint density at radius 2 is 1.93 bits per heavy atom. The van der Waals surface area contributed by atoms with Crippen LogP contribution in [-0.2, 0) is 4.79 Å². The van der Waals surface area contributed by atoms with Gasteiger partial charge in [0.25, 0.3) is 5.91 Å². The summed E-state index contributed by atoms with van der Waals surface area (Å²) in [4.78, 5) is 37.8. The summed E-state index contributed by atoms with van der Waals surface area (Å²) in [6.07, 6.45) is -3.72. The van der Waals surface area contributed by atoms with E-state index >= 15 is 0 Å². The highest BCUT2D eigenvalue weighted by molar-refractivity contribution is 5.98. The summed E-state index contributed by atoms with van der Waals surface area (Å²) in [5.41, 5.74) is 1.47. The number of hydrogen-bond acceptors (Lipinski definition) is 3. The first-order chi connectivity index (χ1) is 13.1. The Balaban J connectivity index is 2.08. The highest BCUT2D eigenvalue weighted by atomic mass is 19.4. The molecule has 7 nitrogen and oxygen atoms in total. The van der Waals surface area contributed by atoms with E-state index in [0.717, 1.165) is 0 Å². The molecule has 0 aliphatic carbocycles.